The summed E-state index contributed by atoms with van der Waals surface area (Å²) in [6, 6.07) is 6.10. The summed E-state index contributed by atoms with van der Waals surface area (Å²) in [6.07, 6.45) is 2.92. The zero-order valence-electron chi connectivity index (χ0n) is 10.9. The fourth-order valence-corrected chi connectivity index (χ4v) is 2.14. The molecule has 0 unspecified atom stereocenters. The molecule has 0 radical (unpaired) electrons. The second-order valence-electron chi connectivity index (χ2n) is 4.44. The minimum absolute atomic E-state index is 0.125. The average molecular weight is 287 g/mol. The van der Waals surface area contributed by atoms with Crippen LogP contribution in [0.5, 0.6) is 0 Å². The number of hydrogen-bond acceptors (Lipinski definition) is 5. The van der Waals surface area contributed by atoms with E-state index in [1.165, 1.54) is 17.3 Å². The van der Waals surface area contributed by atoms with Crippen LogP contribution in [0.2, 0.25) is 5.28 Å². The van der Waals surface area contributed by atoms with Crippen LogP contribution in [0.4, 0.5) is 0 Å². The van der Waals surface area contributed by atoms with Gasteiger partial charge in [-0.15, -0.1) is 0 Å². The summed E-state index contributed by atoms with van der Waals surface area (Å²) in [7, 11) is 0. The van der Waals surface area contributed by atoms with Gasteiger partial charge in [-0.05, 0) is 37.6 Å². The Bertz CT molecular complexity index is 733. The number of rotatable bonds is 2. The first kappa shape index (κ1) is 12.7. The van der Waals surface area contributed by atoms with Gasteiger partial charge in [0.1, 0.15) is 12.7 Å². The van der Waals surface area contributed by atoms with E-state index in [1.54, 1.807) is 0 Å². The molecule has 0 aliphatic heterocycles. The quantitative estimate of drug-likeness (QED) is 0.723. The highest BCUT2D eigenvalue weighted by atomic mass is 35.5. The van der Waals surface area contributed by atoms with E-state index < -0.39 is 0 Å². The zero-order valence-corrected chi connectivity index (χ0v) is 11.7. The Morgan fingerprint density at radius 3 is 2.40 bits per heavy atom. The van der Waals surface area contributed by atoms with Gasteiger partial charge in [0.05, 0.1) is 0 Å². The first-order valence-corrected chi connectivity index (χ1v) is 6.35. The summed E-state index contributed by atoms with van der Waals surface area (Å²) in [5.74, 6) is 0.860. The molecule has 2 aromatic heterocycles. The molecule has 2 heterocycles. The molecule has 0 aliphatic rings. The third-order valence-electron chi connectivity index (χ3n) is 2.70. The number of aromatic nitrogens is 6. The lowest BCUT2D eigenvalue weighted by Crippen LogP contribution is -2.05. The van der Waals surface area contributed by atoms with Gasteiger partial charge in [-0.3, -0.25) is 0 Å². The molecule has 0 saturated carbocycles. The molecule has 0 bridgehead atoms. The van der Waals surface area contributed by atoms with Crippen LogP contribution in [-0.2, 0) is 0 Å². The van der Waals surface area contributed by atoms with Crippen molar-refractivity contribution in [3.8, 4) is 17.3 Å². The number of halogens is 1. The highest BCUT2D eigenvalue weighted by Crippen LogP contribution is 2.20. The smallest absolute Gasteiger partial charge is 0.223 e. The lowest BCUT2D eigenvalue weighted by atomic mass is 10.1. The van der Waals surface area contributed by atoms with Gasteiger partial charge in [0.25, 0.3) is 5.95 Å². The van der Waals surface area contributed by atoms with E-state index in [-0.39, 0.29) is 5.28 Å². The molecule has 0 saturated heterocycles. The van der Waals surface area contributed by atoms with E-state index >= 15 is 0 Å². The molecular weight excluding hydrogens is 276 g/mol. The van der Waals surface area contributed by atoms with Gasteiger partial charge in [0, 0.05) is 5.56 Å². The normalized spacial score (nSPS) is 10.8. The van der Waals surface area contributed by atoms with Crippen molar-refractivity contribution in [2.75, 3.05) is 0 Å². The van der Waals surface area contributed by atoms with Crippen LogP contribution in [0.15, 0.2) is 30.9 Å². The summed E-state index contributed by atoms with van der Waals surface area (Å²) < 4.78 is 1.44. The second kappa shape index (κ2) is 4.97. The van der Waals surface area contributed by atoms with Crippen LogP contribution in [0.1, 0.15) is 11.1 Å². The van der Waals surface area contributed by atoms with Crippen LogP contribution in [0, 0.1) is 13.8 Å². The SMILES string of the molecule is Cc1cc(C)cc(-c2nc(Cl)nc(-n3cncn3)n2)c1. The third-order valence-corrected chi connectivity index (χ3v) is 2.87. The van der Waals surface area contributed by atoms with Crippen molar-refractivity contribution in [2.24, 2.45) is 0 Å². The van der Waals surface area contributed by atoms with E-state index in [9.17, 15) is 0 Å². The number of nitrogens with zero attached hydrogens (tertiary/aromatic N) is 6. The molecule has 0 spiro atoms. The average Bonchev–Trinajstić information content (AvgIpc) is 2.90. The minimum atomic E-state index is 0.125. The minimum Gasteiger partial charge on any atom is -0.223 e. The van der Waals surface area contributed by atoms with Crippen LogP contribution < -0.4 is 0 Å². The van der Waals surface area contributed by atoms with Crippen molar-refractivity contribution < 1.29 is 0 Å². The summed E-state index contributed by atoms with van der Waals surface area (Å²) in [5.41, 5.74) is 3.17. The topological polar surface area (TPSA) is 69.4 Å². The lowest BCUT2D eigenvalue weighted by molar-refractivity contribution is 0.796. The van der Waals surface area contributed by atoms with Gasteiger partial charge in [0.15, 0.2) is 5.82 Å². The van der Waals surface area contributed by atoms with Gasteiger partial charge in [0.2, 0.25) is 5.28 Å². The predicted molar refractivity (Wildman–Crippen MR) is 74.7 cm³/mol. The van der Waals surface area contributed by atoms with Crippen LogP contribution in [0.3, 0.4) is 0 Å². The summed E-state index contributed by atoms with van der Waals surface area (Å²) in [5, 5.41) is 4.12. The molecule has 3 rings (SSSR count). The third kappa shape index (κ3) is 2.50. The maximum Gasteiger partial charge on any atom is 0.256 e. The van der Waals surface area contributed by atoms with Crippen LogP contribution in [0.25, 0.3) is 17.3 Å². The molecule has 0 atom stereocenters. The summed E-state index contributed by atoms with van der Waals surface area (Å²) >= 11 is 5.97. The van der Waals surface area contributed by atoms with Gasteiger partial charge >= 0.3 is 0 Å². The number of benzene rings is 1. The molecule has 0 aliphatic carbocycles. The van der Waals surface area contributed by atoms with Crippen molar-refractivity contribution in [1.29, 1.82) is 0 Å². The maximum atomic E-state index is 5.97. The first-order valence-electron chi connectivity index (χ1n) is 5.97. The summed E-state index contributed by atoms with van der Waals surface area (Å²) in [4.78, 5) is 16.5. The summed E-state index contributed by atoms with van der Waals surface area (Å²) in [6.45, 7) is 4.05. The highest BCUT2D eigenvalue weighted by molar-refractivity contribution is 6.28. The van der Waals surface area contributed by atoms with Crippen LogP contribution in [-0.4, -0.2) is 29.7 Å². The Morgan fingerprint density at radius 1 is 1.00 bits per heavy atom. The standard InChI is InChI=1S/C13H11ClN6/c1-8-3-9(2)5-10(4-8)11-17-12(14)19-13(18-11)20-7-15-6-16-20/h3-7H,1-2H3. The second-order valence-corrected chi connectivity index (χ2v) is 4.78. The van der Waals surface area contributed by atoms with Crippen LogP contribution >= 0.6 is 11.6 Å². The van der Waals surface area contributed by atoms with Gasteiger partial charge in [-0.2, -0.15) is 24.7 Å². The molecular formula is C13H11ClN6. The first-order chi connectivity index (χ1) is 9.61. The number of aryl methyl sites for hydroxylation is 2. The molecule has 7 heteroatoms. The largest absolute Gasteiger partial charge is 0.256 e. The Labute approximate surface area is 120 Å². The van der Waals surface area contributed by atoms with Crippen molar-refractivity contribution in [2.45, 2.75) is 13.8 Å². The van der Waals surface area contributed by atoms with Crippen molar-refractivity contribution >= 4 is 11.6 Å². The van der Waals surface area contributed by atoms with Gasteiger partial charge in [-0.25, -0.2) is 4.98 Å². The Balaban J connectivity index is 2.14. The van der Waals surface area contributed by atoms with E-state index in [4.69, 9.17) is 11.6 Å². The molecule has 0 amide bonds. The number of hydrogen-bond donors (Lipinski definition) is 0. The molecule has 20 heavy (non-hydrogen) atoms. The lowest BCUT2D eigenvalue weighted by Gasteiger charge is -2.06. The molecule has 100 valence electrons. The molecule has 1 aromatic carbocycles. The Hall–Kier alpha value is -2.34. The van der Waals surface area contributed by atoms with Gasteiger partial charge < -0.3 is 0 Å². The monoisotopic (exact) mass is 286 g/mol. The van der Waals surface area contributed by atoms with Crippen molar-refractivity contribution in [3.63, 3.8) is 0 Å². The van der Waals surface area contributed by atoms with Crippen molar-refractivity contribution in [1.82, 2.24) is 29.7 Å². The Kier molecular flexibility index (Phi) is 3.15. The van der Waals surface area contributed by atoms with Crippen molar-refractivity contribution in [3.05, 3.63) is 47.3 Å². The van der Waals surface area contributed by atoms with Gasteiger partial charge in [-0.1, -0.05) is 17.2 Å². The predicted octanol–water partition coefficient (Wildman–Crippen LogP) is 2.39. The van der Waals surface area contributed by atoms with E-state index in [0.717, 1.165) is 16.7 Å². The van der Waals surface area contributed by atoms with E-state index in [2.05, 4.69) is 31.1 Å². The highest BCUT2D eigenvalue weighted by Gasteiger charge is 2.10. The molecule has 0 N–H and O–H groups in total. The zero-order chi connectivity index (χ0) is 14.1. The fraction of sp³-hybridized carbons (Fsp3) is 0.154. The molecule has 3 aromatic rings. The Morgan fingerprint density at radius 2 is 1.75 bits per heavy atom. The fourth-order valence-electron chi connectivity index (χ4n) is 1.99. The molecule has 6 nitrogen and oxygen atoms in total. The van der Waals surface area contributed by atoms with E-state index in [1.807, 2.05) is 26.0 Å². The molecule has 0 fully saturated rings. The van der Waals surface area contributed by atoms with E-state index in [0.29, 0.717) is 11.8 Å². The maximum absolute atomic E-state index is 5.97.